The van der Waals surface area contributed by atoms with Gasteiger partial charge in [-0.15, -0.1) is 0 Å². The van der Waals surface area contributed by atoms with Crippen LogP contribution in [0, 0.1) is 0 Å². The van der Waals surface area contributed by atoms with Crippen molar-refractivity contribution in [2.75, 3.05) is 46.5 Å². The lowest BCUT2D eigenvalue weighted by atomic mass is 10.0. The van der Waals surface area contributed by atoms with Gasteiger partial charge in [-0.2, -0.15) is 0 Å². The topological polar surface area (TPSA) is 95.6 Å². The summed E-state index contributed by atoms with van der Waals surface area (Å²) in [5.74, 6) is 0.338. The molecule has 0 radical (unpaired) electrons. The number of morpholine rings is 1. The number of rotatable bonds is 3. The van der Waals surface area contributed by atoms with Crippen molar-refractivity contribution in [3.8, 4) is 5.75 Å². The largest absolute Gasteiger partial charge is 0.493 e. The molecule has 0 bridgehead atoms. The Kier molecular flexibility index (Phi) is 5.98. The summed E-state index contributed by atoms with van der Waals surface area (Å²) in [6.45, 7) is 3.06. The molecular formula is C20H25ClN2O6. The van der Waals surface area contributed by atoms with Crippen molar-refractivity contribution in [3.05, 3.63) is 29.0 Å². The molecule has 2 aliphatic rings. The summed E-state index contributed by atoms with van der Waals surface area (Å²) in [6, 6.07) is 4.63. The van der Waals surface area contributed by atoms with Crippen molar-refractivity contribution < 1.29 is 28.9 Å². The van der Waals surface area contributed by atoms with Gasteiger partial charge in [0.15, 0.2) is 17.1 Å². The van der Waals surface area contributed by atoms with Gasteiger partial charge in [-0.05, 0) is 18.6 Å². The lowest BCUT2D eigenvalue weighted by Gasteiger charge is -2.38. The summed E-state index contributed by atoms with van der Waals surface area (Å²) < 4.78 is 16.5. The Morgan fingerprint density at radius 2 is 1.97 bits per heavy atom. The Labute approximate surface area is 173 Å². The first-order valence-corrected chi connectivity index (χ1v) is 10.1. The molecule has 0 aliphatic carbocycles. The van der Waals surface area contributed by atoms with Crippen LogP contribution >= 0.6 is 11.6 Å². The van der Waals surface area contributed by atoms with E-state index >= 15 is 0 Å². The molecule has 2 saturated heterocycles. The molecule has 1 aromatic carbocycles. The van der Waals surface area contributed by atoms with Gasteiger partial charge in [-0.3, -0.25) is 9.69 Å². The number of carbonyl (C=O) groups is 1. The molecule has 9 heteroatoms. The van der Waals surface area contributed by atoms with Gasteiger partial charge in [-0.1, -0.05) is 11.6 Å². The third-order valence-electron chi connectivity index (χ3n) is 5.67. The van der Waals surface area contributed by atoms with E-state index in [9.17, 15) is 15.0 Å². The lowest BCUT2D eigenvalue weighted by molar-refractivity contribution is -0.0609. The van der Waals surface area contributed by atoms with Crippen LogP contribution in [0.5, 0.6) is 5.75 Å². The van der Waals surface area contributed by atoms with Gasteiger partial charge in [0.1, 0.15) is 0 Å². The highest BCUT2D eigenvalue weighted by Crippen LogP contribution is 2.33. The Bertz CT molecular complexity index is 881. The number of benzene rings is 1. The van der Waals surface area contributed by atoms with Crippen LogP contribution in [-0.2, 0) is 4.74 Å². The van der Waals surface area contributed by atoms with E-state index in [1.54, 1.807) is 23.1 Å². The fraction of sp³-hybridized carbons (Fsp3) is 0.550. The fourth-order valence-electron chi connectivity index (χ4n) is 4.06. The first kappa shape index (κ1) is 20.4. The minimum absolute atomic E-state index is 0.173. The van der Waals surface area contributed by atoms with Crippen LogP contribution in [0.2, 0.25) is 5.02 Å². The Morgan fingerprint density at radius 1 is 1.21 bits per heavy atom. The van der Waals surface area contributed by atoms with Crippen LogP contribution in [0.15, 0.2) is 22.6 Å². The Balaban J connectivity index is 1.61. The number of halogens is 1. The maximum absolute atomic E-state index is 13.2. The molecule has 2 fully saturated rings. The first-order valence-electron chi connectivity index (χ1n) is 9.72. The van der Waals surface area contributed by atoms with Gasteiger partial charge in [0.05, 0.1) is 38.6 Å². The number of carbonyl (C=O) groups excluding carboxylic acids is 1. The highest BCUT2D eigenvalue weighted by molar-refractivity contribution is 6.31. The molecule has 29 heavy (non-hydrogen) atoms. The predicted molar refractivity (Wildman–Crippen MR) is 106 cm³/mol. The summed E-state index contributed by atoms with van der Waals surface area (Å²) in [5, 5.41) is 22.1. The van der Waals surface area contributed by atoms with Gasteiger partial charge in [-0.25, -0.2) is 0 Å². The number of amides is 1. The van der Waals surface area contributed by atoms with E-state index in [0.29, 0.717) is 67.6 Å². The van der Waals surface area contributed by atoms with E-state index in [-0.39, 0.29) is 17.7 Å². The van der Waals surface area contributed by atoms with Gasteiger partial charge in [0, 0.05) is 42.7 Å². The average Bonchev–Trinajstić information content (AvgIpc) is 3.10. The molecule has 2 N–H and O–H groups in total. The van der Waals surface area contributed by atoms with E-state index in [2.05, 4.69) is 4.90 Å². The van der Waals surface area contributed by atoms with Crippen molar-refractivity contribution in [2.24, 2.45) is 0 Å². The van der Waals surface area contributed by atoms with Crippen LogP contribution in [-0.4, -0.2) is 90.7 Å². The third-order valence-corrected chi connectivity index (χ3v) is 5.89. The number of hydrogen-bond donors (Lipinski definition) is 2. The van der Waals surface area contributed by atoms with Gasteiger partial charge >= 0.3 is 0 Å². The van der Waals surface area contributed by atoms with Crippen molar-refractivity contribution >= 4 is 28.5 Å². The second-order valence-electron chi connectivity index (χ2n) is 7.45. The molecule has 0 saturated carbocycles. The second-order valence-corrected chi connectivity index (χ2v) is 7.89. The normalized spacial score (nSPS) is 26.5. The molecule has 1 aromatic heterocycles. The summed E-state index contributed by atoms with van der Waals surface area (Å²) in [5.41, 5.74) is 0.458. The van der Waals surface area contributed by atoms with Crippen LogP contribution in [0.3, 0.4) is 0 Å². The number of aliphatic hydroxyl groups excluding tert-OH is 2. The molecule has 3 heterocycles. The summed E-state index contributed by atoms with van der Waals surface area (Å²) in [6.07, 6.45) is -1.53. The third kappa shape index (κ3) is 4.08. The zero-order valence-corrected chi connectivity index (χ0v) is 17.0. The number of fused-ring (bicyclic) bond motifs is 1. The number of nitrogens with zero attached hydrogens (tertiary/aromatic N) is 2. The van der Waals surface area contributed by atoms with E-state index in [4.69, 9.17) is 25.5 Å². The van der Waals surface area contributed by atoms with E-state index < -0.39 is 12.2 Å². The number of methoxy groups -OCH3 is 1. The fourth-order valence-corrected chi connectivity index (χ4v) is 4.28. The number of aliphatic hydroxyl groups is 2. The van der Waals surface area contributed by atoms with Crippen LogP contribution in [0.25, 0.3) is 11.0 Å². The first-order chi connectivity index (χ1) is 14.0. The average molecular weight is 425 g/mol. The molecule has 8 nitrogen and oxygen atoms in total. The molecule has 4 rings (SSSR count). The summed E-state index contributed by atoms with van der Waals surface area (Å²) >= 11 is 6.11. The molecule has 2 aliphatic heterocycles. The molecule has 1 amide bonds. The van der Waals surface area contributed by atoms with Gasteiger partial charge < -0.3 is 29.0 Å². The molecule has 0 unspecified atom stereocenters. The van der Waals surface area contributed by atoms with E-state index in [1.807, 2.05) is 0 Å². The molecular weight excluding hydrogens is 400 g/mol. The maximum Gasteiger partial charge on any atom is 0.289 e. The minimum Gasteiger partial charge on any atom is -0.493 e. The van der Waals surface area contributed by atoms with Gasteiger partial charge in [0.25, 0.3) is 5.91 Å². The number of ether oxygens (including phenoxy) is 2. The molecule has 2 aromatic rings. The SMILES string of the molecule is COc1cc(Cl)cc2cc(C(=O)N3CC[C@@H](O)[C@@H](O)[C@H](N4CCOCC4)C3)oc12. The lowest BCUT2D eigenvalue weighted by Crippen LogP contribution is -2.55. The van der Waals surface area contributed by atoms with Crippen LogP contribution < -0.4 is 4.74 Å². The smallest absolute Gasteiger partial charge is 0.289 e. The highest BCUT2D eigenvalue weighted by atomic mass is 35.5. The molecule has 0 spiro atoms. The predicted octanol–water partition coefficient (Wildman–Crippen LogP) is 1.36. The standard InChI is InChI=1S/C20H25ClN2O6/c1-27-16-10-13(21)8-12-9-17(29-19(12)16)20(26)23-3-2-15(24)18(25)14(11-23)22-4-6-28-7-5-22/h8-10,14-15,18,24-25H,2-7,11H2,1H3/t14-,15-,18+/m1/s1. The van der Waals surface area contributed by atoms with Gasteiger partial charge in [0.2, 0.25) is 0 Å². The van der Waals surface area contributed by atoms with E-state index in [1.165, 1.54) is 7.11 Å². The highest BCUT2D eigenvalue weighted by Gasteiger charge is 2.38. The monoisotopic (exact) mass is 424 g/mol. The quantitative estimate of drug-likeness (QED) is 0.768. The minimum atomic E-state index is -0.930. The van der Waals surface area contributed by atoms with Crippen molar-refractivity contribution in [1.82, 2.24) is 9.80 Å². The van der Waals surface area contributed by atoms with Crippen LogP contribution in [0.4, 0.5) is 0 Å². The van der Waals surface area contributed by atoms with Crippen molar-refractivity contribution in [1.29, 1.82) is 0 Å². The van der Waals surface area contributed by atoms with E-state index in [0.717, 1.165) is 0 Å². The van der Waals surface area contributed by atoms with Crippen molar-refractivity contribution in [2.45, 2.75) is 24.7 Å². The number of furan rings is 1. The zero-order valence-electron chi connectivity index (χ0n) is 16.2. The number of likely N-dealkylation sites (tertiary alicyclic amines) is 1. The second kappa shape index (κ2) is 8.49. The Morgan fingerprint density at radius 3 is 2.69 bits per heavy atom. The summed E-state index contributed by atoms with van der Waals surface area (Å²) in [4.78, 5) is 16.9. The maximum atomic E-state index is 13.2. The molecule has 3 atom stereocenters. The molecule has 158 valence electrons. The van der Waals surface area contributed by atoms with Crippen LogP contribution in [0.1, 0.15) is 17.0 Å². The van der Waals surface area contributed by atoms with Crippen molar-refractivity contribution in [3.63, 3.8) is 0 Å². The summed E-state index contributed by atoms with van der Waals surface area (Å²) in [7, 11) is 1.51. The number of hydrogen-bond acceptors (Lipinski definition) is 7. The zero-order chi connectivity index (χ0) is 20.5. The Hall–Kier alpha value is -1.84.